The van der Waals surface area contributed by atoms with Crippen LogP contribution in [0.15, 0.2) is 42.5 Å². The Morgan fingerprint density at radius 3 is 2.33 bits per heavy atom. The van der Waals surface area contributed by atoms with Crippen molar-refractivity contribution in [2.24, 2.45) is 5.92 Å². The summed E-state index contributed by atoms with van der Waals surface area (Å²) >= 11 is 0. The number of carbonyl (C=O) groups is 2. The molecule has 1 atom stereocenters. The Balaban J connectivity index is 1.69. The molecule has 3 rings (SSSR count). The van der Waals surface area contributed by atoms with E-state index in [1.807, 2.05) is 26.0 Å². The fourth-order valence-electron chi connectivity index (χ4n) is 3.03. The molecule has 0 aliphatic carbocycles. The number of anilines is 2. The number of halogens is 3. The van der Waals surface area contributed by atoms with E-state index in [4.69, 9.17) is 0 Å². The second-order valence-electron chi connectivity index (χ2n) is 6.74. The number of benzene rings is 2. The quantitative estimate of drug-likeness (QED) is 0.868. The molecule has 1 saturated heterocycles. The minimum absolute atomic E-state index is 0.0255. The SMILES string of the molecule is Cc1ccc(NC(=O)C2CC(=O)N(c3ccc(C(F)(F)F)cc3)C2)cc1C. The molecular formula is C20H19F3N2O2. The van der Waals surface area contributed by atoms with Crippen molar-refractivity contribution >= 4 is 23.2 Å². The Kier molecular flexibility index (Phi) is 4.95. The van der Waals surface area contributed by atoms with Crippen molar-refractivity contribution in [2.45, 2.75) is 26.4 Å². The first kappa shape index (κ1) is 18.9. The van der Waals surface area contributed by atoms with Gasteiger partial charge in [0.1, 0.15) is 0 Å². The molecule has 0 radical (unpaired) electrons. The van der Waals surface area contributed by atoms with Gasteiger partial charge in [0.2, 0.25) is 11.8 Å². The third-order valence-corrected chi connectivity index (χ3v) is 4.78. The van der Waals surface area contributed by atoms with Crippen molar-refractivity contribution in [3.63, 3.8) is 0 Å². The van der Waals surface area contributed by atoms with Gasteiger partial charge in [-0.15, -0.1) is 0 Å². The highest BCUT2D eigenvalue weighted by Gasteiger charge is 2.36. The predicted octanol–water partition coefficient (Wildman–Crippen LogP) is 4.31. The van der Waals surface area contributed by atoms with Crippen LogP contribution in [0.3, 0.4) is 0 Å². The number of hydrogen-bond acceptors (Lipinski definition) is 2. The van der Waals surface area contributed by atoms with Crippen molar-refractivity contribution in [1.29, 1.82) is 0 Å². The molecule has 2 aromatic rings. The highest BCUT2D eigenvalue weighted by atomic mass is 19.4. The van der Waals surface area contributed by atoms with E-state index in [0.29, 0.717) is 11.4 Å². The monoisotopic (exact) mass is 376 g/mol. The van der Waals surface area contributed by atoms with E-state index in [-0.39, 0.29) is 24.8 Å². The van der Waals surface area contributed by atoms with Gasteiger partial charge in [-0.2, -0.15) is 13.2 Å². The van der Waals surface area contributed by atoms with Gasteiger partial charge in [0.05, 0.1) is 11.5 Å². The second-order valence-corrected chi connectivity index (χ2v) is 6.74. The van der Waals surface area contributed by atoms with E-state index in [9.17, 15) is 22.8 Å². The number of nitrogens with one attached hydrogen (secondary N) is 1. The molecule has 1 heterocycles. The number of rotatable bonds is 3. The molecule has 2 aromatic carbocycles. The summed E-state index contributed by atoms with van der Waals surface area (Å²) in [5, 5.41) is 2.81. The van der Waals surface area contributed by atoms with Gasteiger partial charge in [0.15, 0.2) is 0 Å². The number of hydrogen-bond donors (Lipinski definition) is 1. The zero-order valence-corrected chi connectivity index (χ0v) is 14.9. The molecule has 1 unspecified atom stereocenters. The minimum Gasteiger partial charge on any atom is -0.326 e. The van der Waals surface area contributed by atoms with E-state index >= 15 is 0 Å². The molecule has 4 nitrogen and oxygen atoms in total. The van der Waals surface area contributed by atoms with Crippen molar-refractivity contribution in [1.82, 2.24) is 0 Å². The zero-order chi connectivity index (χ0) is 19.8. The molecule has 1 fully saturated rings. The average molecular weight is 376 g/mol. The van der Waals surface area contributed by atoms with Gasteiger partial charge in [-0.05, 0) is 61.4 Å². The lowest BCUT2D eigenvalue weighted by molar-refractivity contribution is -0.137. The van der Waals surface area contributed by atoms with Gasteiger partial charge in [0.25, 0.3) is 0 Å². The molecule has 0 aromatic heterocycles. The number of nitrogens with zero attached hydrogens (tertiary/aromatic N) is 1. The van der Waals surface area contributed by atoms with Crippen LogP contribution in [0, 0.1) is 19.8 Å². The van der Waals surface area contributed by atoms with Crippen LogP contribution in [-0.2, 0) is 15.8 Å². The first-order valence-corrected chi connectivity index (χ1v) is 8.51. The second kappa shape index (κ2) is 7.06. The van der Waals surface area contributed by atoms with Crippen LogP contribution in [0.2, 0.25) is 0 Å². The summed E-state index contributed by atoms with van der Waals surface area (Å²) in [5.41, 5.74) is 2.39. The van der Waals surface area contributed by atoms with Crippen molar-refractivity contribution in [2.75, 3.05) is 16.8 Å². The lowest BCUT2D eigenvalue weighted by Gasteiger charge is -2.17. The number of alkyl halides is 3. The number of amides is 2. The largest absolute Gasteiger partial charge is 0.416 e. The molecule has 0 bridgehead atoms. The maximum absolute atomic E-state index is 12.7. The maximum Gasteiger partial charge on any atom is 0.416 e. The first-order chi connectivity index (χ1) is 12.6. The molecule has 2 amide bonds. The van der Waals surface area contributed by atoms with Gasteiger partial charge in [0, 0.05) is 24.3 Å². The summed E-state index contributed by atoms with van der Waals surface area (Å²) in [5.74, 6) is -1.11. The molecule has 1 aliphatic rings. The van der Waals surface area contributed by atoms with Crippen LogP contribution in [-0.4, -0.2) is 18.4 Å². The number of carbonyl (C=O) groups excluding carboxylic acids is 2. The Hall–Kier alpha value is -2.83. The third-order valence-electron chi connectivity index (χ3n) is 4.78. The summed E-state index contributed by atoms with van der Waals surface area (Å²) in [7, 11) is 0. The van der Waals surface area contributed by atoms with Gasteiger partial charge >= 0.3 is 6.18 Å². The Labute approximate surface area is 155 Å². The third kappa shape index (κ3) is 4.13. The molecule has 27 heavy (non-hydrogen) atoms. The van der Waals surface area contributed by atoms with Gasteiger partial charge in [-0.3, -0.25) is 9.59 Å². The summed E-state index contributed by atoms with van der Waals surface area (Å²) in [4.78, 5) is 26.1. The topological polar surface area (TPSA) is 49.4 Å². The summed E-state index contributed by atoms with van der Waals surface area (Å²) in [6.07, 6.45) is -4.40. The average Bonchev–Trinajstić information content (AvgIpc) is 2.99. The van der Waals surface area contributed by atoms with Crippen molar-refractivity contribution in [3.8, 4) is 0 Å². The van der Waals surface area contributed by atoms with Crippen LogP contribution in [0.5, 0.6) is 0 Å². The van der Waals surface area contributed by atoms with Crippen molar-refractivity contribution < 1.29 is 22.8 Å². The highest BCUT2D eigenvalue weighted by molar-refractivity contribution is 6.03. The molecule has 1 aliphatic heterocycles. The zero-order valence-electron chi connectivity index (χ0n) is 14.9. The fraction of sp³-hybridized carbons (Fsp3) is 0.300. The molecule has 1 N–H and O–H groups in total. The molecule has 7 heteroatoms. The van der Waals surface area contributed by atoms with Crippen LogP contribution in [0.1, 0.15) is 23.1 Å². The van der Waals surface area contributed by atoms with E-state index in [0.717, 1.165) is 23.3 Å². The molecule has 142 valence electrons. The van der Waals surface area contributed by atoms with Crippen LogP contribution >= 0.6 is 0 Å². The van der Waals surface area contributed by atoms with Gasteiger partial charge in [-0.1, -0.05) is 6.07 Å². The maximum atomic E-state index is 12.7. The minimum atomic E-state index is -4.43. The summed E-state index contributed by atoms with van der Waals surface area (Å²) in [6, 6.07) is 9.94. The lowest BCUT2D eigenvalue weighted by atomic mass is 10.1. The Morgan fingerprint density at radius 2 is 1.74 bits per heavy atom. The first-order valence-electron chi connectivity index (χ1n) is 8.51. The molecular weight excluding hydrogens is 357 g/mol. The van der Waals surface area contributed by atoms with Gasteiger partial charge < -0.3 is 10.2 Å². The van der Waals surface area contributed by atoms with Crippen molar-refractivity contribution in [3.05, 3.63) is 59.2 Å². The highest BCUT2D eigenvalue weighted by Crippen LogP contribution is 2.32. The fourth-order valence-corrected chi connectivity index (χ4v) is 3.03. The van der Waals surface area contributed by atoms with Crippen LogP contribution in [0.25, 0.3) is 0 Å². The lowest BCUT2D eigenvalue weighted by Crippen LogP contribution is -2.28. The van der Waals surface area contributed by atoms with E-state index < -0.39 is 17.7 Å². The summed E-state index contributed by atoms with van der Waals surface area (Å²) < 4.78 is 38.0. The van der Waals surface area contributed by atoms with Gasteiger partial charge in [-0.25, -0.2) is 0 Å². The predicted molar refractivity (Wildman–Crippen MR) is 96.4 cm³/mol. The number of aryl methyl sites for hydroxylation is 2. The standard InChI is InChI=1S/C20H19F3N2O2/c1-12-3-6-16(9-13(12)2)24-19(27)14-10-18(26)25(11-14)17-7-4-15(5-8-17)20(21,22)23/h3-9,14H,10-11H2,1-2H3,(H,24,27). The molecule has 0 saturated carbocycles. The van der Waals surface area contributed by atoms with E-state index in [2.05, 4.69) is 5.32 Å². The normalized spacial score (nSPS) is 17.3. The Morgan fingerprint density at radius 1 is 1.07 bits per heavy atom. The van der Waals surface area contributed by atoms with E-state index in [1.54, 1.807) is 6.07 Å². The van der Waals surface area contributed by atoms with E-state index in [1.165, 1.54) is 17.0 Å². The smallest absolute Gasteiger partial charge is 0.326 e. The van der Waals surface area contributed by atoms with Crippen LogP contribution in [0.4, 0.5) is 24.5 Å². The molecule has 0 spiro atoms. The summed E-state index contributed by atoms with van der Waals surface area (Å²) in [6.45, 7) is 4.05. The Bertz CT molecular complexity index is 876. The van der Waals surface area contributed by atoms with Crippen LogP contribution < -0.4 is 10.2 Å².